The number of likely N-dealkylation sites (N-methyl/N-ethyl adjacent to an activating group) is 1. The lowest BCUT2D eigenvalue weighted by molar-refractivity contribution is -0.151. The van der Waals surface area contributed by atoms with Crippen LogP contribution in [0.1, 0.15) is 11.1 Å². The SMILES string of the molecule is CN(Cc1ccsc1)C(=O)COC(=O)CNC(=O)Cc1cccc2ccccc12. The van der Waals surface area contributed by atoms with Crippen LogP contribution in [0, 0.1) is 0 Å². The molecule has 0 atom stereocenters. The molecule has 6 nitrogen and oxygen atoms in total. The molecular weight excluding hydrogens is 388 g/mol. The van der Waals surface area contributed by atoms with E-state index in [2.05, 4.69) is 5.32 Å². The summed E-state index contributed by atoms with van der Waals surface area (Å²) in [7, 11) is 1.65. The summed E-state index contributed by atoms with van der Waals surface area (Å²) < 4.78 is 4.97. The Kier molecular flexibility index (Phi) is 6.97. The largest absolute Gasteiger partial charge is 0.454 e. The van der Waals surface area contributed by atoms with Gasteiger partial charge in [-0.15, -0.1) is 0 Å². The average Bonchev–Trinajstić information content (AvgIpc) is 3.23. The smallest absolute Gasteiger partial charge is 0.325 e. The molecule has 1 heterocycles. The number of carbonyl (C=O) groups excluding carboxylic acids is 3. The Morgan fingerprint density at radius 1 is 1.07 bits per heavy atom. The third kappa shape index (κ3) is 5.89. The first-order chi connectivity index (χ1) is 14.0. The summed E-state index contributed by atoms with van der Waals surface area (Å²) in [5, 5.41) is 8.51. The molecule has 0 aliphatic heterocycles. The van der Waals surface area contributed by atoms with E-state index in [9.17, 15) is 14.4 Å². The molecule has 1 aromatic heterocycles. The van der Waals surface area contributed by atoms with Gasteiger partial charge in [0.2, 0.25) is 5.91 Å². The van der Waals surface area contributed by atoms with Crippen molar-refractivity contribution in [2.75, 3.05) is 20.2 Å². The Balaban J connectivity index is 1.42. The summed E-state index contributed by atoms with van der Waals surface area (Å²) >= 11 is 1.56. The summed E-state index contributed by atoms with van der Waals surface area (Å²) in [6, 6.07) is 15.5. The molecule has 7 heteroatoms. The summed E-state index contributed by atoms with van der Waals surface area (Å²) in [4.78, 5) is 37.6. The predicted octanol–water partition coefficient (Wildman–Crippen LogP) is 2.76. The number of hydrogen-bond acceptors (Lipinski definition) is 5. The van der Waals surface area contributed by atoms with Gasteiger partial charge in [-0.05, 0) is 38.7 Å². The number of fused-ring (bicyclic) bond motifs is 1. The summed E-state index contributed by atoms with van der Waals surface area (Å²) in [6.07, 6.45) is 0.164. The van der Waals surface area contributed by atoms with Crippen molar-refractivity contribution < 1.29 is 19.1 Å². The fourth-order valence-corrected chi connectivity index (χ4v) is 3.56. The molecular formula is C22H22N2O4S. The van der Waals surface area contributed by atoms with Crippen molar-refractivity contribution in [1.29, 1.82) is 0 Å². The number of amides is 2. The van der Waals surface area contributed by atoms with E-state index in [-0.39, 0.29) is 31.4 Å². The van der Waals surface area contributed by atoms with Crippen LogP contribution in [0.25, 0.3) is 10.8 Å². The van der Waals surface area contributed by atoms with Gasteiger partial charge in [0.25, 0.3) is 5.91 Å². The number of rotatable bonds is 8. The van der Waals surface area contributed by atoms with E-state index in [1.54, 1.807) is 18.4 Å². The van der Waals surface area contributed by atoms with Gasteiger partial charge < -0.3 is 15.0 Å². The van der Waals surface area contributed by atoms with Crippen molar-refractivity contribution in [3.05, 3.63) is 70.4 Å². The number of nitrogens with zero attached hydrogens (tertiary/aromatic N) is 1. The third-order valence-corrected chi connectivity index (χ3v) is 5.18. The highest BCUT2D eigenvalue weighted by Crippen LogP contribution is 2.18. The zero-order chi connectivity index (χ0) is 20.6. The van der Waals surface area contributed by atoms with Crippen LogP contribution in [0.5, 0.6) is 0 Å². The number of ether oxygens (including phenoxy) is 1. The third-order valence-electron chi connectivity index (χ3n) is 4.44. The maximum Gasteiger partial charge on any atom is 0.325 e. The summed E-state index contributed by atoms with van der Waals surface area (Å²) in [5.74, 6) is -1.22. The second kappa shape index (κ2) is 9.84. The van der Waals surface area contributed by atoms with Crippen molar-refractivity contribution in [3.63, 3.8) is 0 Å². The topological polar surface area (TPSA) is 75.7 Å². The van der Waals surface area contributed by atoms with Gasteiger partial charge in [0.15, 0.2) is 6.61 Å². The van der Waals surface area contributed by atoms with Gasteiger partial charge >= 0.3 is 5.97 Å². The Bertz CT molecular complexity index is 996. The highest BCUT2D eigenvalue weighted by Gasteiger charge is 2.14. The van der Waals surface area contributed by atoms with Gasteiger partial charge in [0.05, 0.1) is 6.42 Å². The first-order valence-corrected chi connectivity index (χ1v) is 10.1. The van der Waals surface area contributed by atoms with Gasteiger partial charge in [-0.1, -0.05) is 42.5 Å². The van der Waals surface area contributed by atoms with Crippen LogP contribution in [0.2, 0.25) is 0 Å². The maximum atomic E-state index is 12.2. The van der Waals surface area contributed by atoms with Crippen LogP contribution in [0.3, 0.4) is 0 Å². The van der Waals surface area contributed by atoms with Crippen LogP contribution in [-0.4, -0.2) is 42.9 Å². The minimum absolute atomic E-state index is 0.164. The Morgan fingerprint density at radius 2 is 1.86 bits per heavy atom. The molecule has 150 valence electrons. The molecule has 3 rings (SSSR count). The van der Waals surface area contributed by atoms with Crippen molar-refractivity contribution >= 4 is 39.9 Å². The molecule has 1 N–H and O–H groups in total. The Labute approximate surface area is 173 Å². The molecule has 0 bridgehead atoms. The van der Waals surface area contributed by atoms with E-state index in [0.29, 0.717) is 6.54 Å². The van der Waals surface area contributed by atoms with Crippen LogP contribution < -0.4 is 5.32 Å². The minimum Gasteiger partial charge on any atom is -0.454 e. The molecule has 0 aliphatic rings. The first-order valence-electron chi connectivity index (χ1n) is 9.17. The molecule has 0 spiro atoms. The average molecular weight is 410 g/mol. The van der Waals surface area contributed by atoms with E-state index < -0.39 is 5.97 Å². The number of benzene rings is 2. The quantitative estimate of drug-likeness (QED) is 0.580. The Hall–Kier alpha value is -3.19. The number of esters is 1. The Morgan fingerprint density at radius 3 is 2.66 bits per heavy atom. The summed E-state index contributed by atoms with van der Waals surface area (Å²) in [6.45, 7) is -0.161. The number of nitrogens with one attached hydrogen (secondary N) is 1. The van der Waals surface area contributed by atoms with Crippen molar-refractivity contribution in [2.24, 2.45) is 0 Å². The molecule has 0 unspecified atom stereocenters. The van der Waals surface area contributed by atoms with Gasteiger partial charge in [0.1, 0.15) is 6.54 Å². The highest BCUT2D eigenvalue weighted by molar-refractivity contribution is 7.07. The predicted molar refractivity (Wildman–Crippen MR) is 112 cm³/mol. The molecule has 0 saturated carbocycles. The molecule has 0 radical (unpaired) electrons. The van der Waals surface area contributed by atoms with Gasteiger partial charge in [-0.3, -0.25) is 14.4 Å². The van der Waals surface area contributed by atoms with Crippen LogP contribution >= 0.6 is 11.3 Å². The first kappa shape index (κ1) is 20.5. The maximum absolute atomic E-state index is 12.2. The fraction of sp³-hybridized carbons (Fsp3) is 0.227. The van der Waals surface area contributed by atoms with Gasteiger partial charge in [0, 0.05) is 13.6 Å². The molecule has 0 aliphatic carbocycles. The lowest BCUT2D eigenvalue weighted by Crippen LogP contribution is -2.35. The van der Waals surface area contributed by atoms with E-state index in [1.165, 1.54) is 4.90 Å². The van der Waals surface area contributed by atoms with Gasteiger partial charge in [-0.2, -0.15) is 11.3 Å². The number of thiophene rings is 1. The van der Waals surface area contributed by atoms with Crippen LogP contribution in [-0.2, 0) is 32.1 Å². The second-order valence-electron chi connectivity index (χ2n) is 6.63. The summed E-state index contributed by atoms with van der Waals surface area (Å²) in [5.41, 5.74) is 1.91. The highest BCUT2D eigenvalue weighted by atomic mass is 32.1. The lowest BCUT2D eigenvalue weighted by atomic mass is 10.0. The number of carbonyl (C=O) groups is 3. The van der Waals surface area contributed by atoms with Crippen molar-refractivity contribution in [2.45, 2.75) is 13.0 Å². The molecule has 3 aromatic rings. The molecule has 0 fully saturated rings. The number of hydrogen-bond donors (Lipinski definition) is 1. The minimum atomic E-state index is -0.645. The standard InChI is InChI=1S/C22H22N2O4S/c1-24(13-16-9-10-29-15-16)21(26)14-28-22(27)12-23-20(25)11-18-7-4-6-17-5-2-3-8-19(17)18/h2-10,15H,11-14H2,1H3,(H,23,25). The van der Waals surface area contributed by atoms with E-state index in [4.69, 9.17) is 4.74 Å². The zero-order valence-corrected chi connectivity index (χ0v) is 16.9. The second-order valence-corrected chi connectivity index (χ2v) is 7.41. The van der Waals surface area contributed by atoms with Gasteiger partial charge in [-0.25, -0.2) is 0 Å². The fourth-order valence-electron chi connectivity index (χ4n) is 2.90. The van der Waals surface area contributed by atoms with E-state index in [0.717, 1.165) is 21.9 Å². The molecule has 2 amide bonds. The van der Waals surface area contributed by atoms with Crippen molar-refractivity contribution in [1.82, 2.24) is 10.2 Å². The molecule has 29 heavy (non-hydrogen) atoms. The van der Waals surface area contributed by atoms with Crippen LogP contribution in [0.4, 0.5) is 0 Å². The molecule has 0 saturated heterocycles. The monoisotopic (exact) mass is 410 g/mol. The molecule has 2 aromatic carbocycles. The van der Waals surface area contributed by atoms with E-state index >= 15 is 0 Å². The normalized spacial score (nSPS) is 10.5. The van der Waals surface area contributed by atoms with E-state index in [1.807, 2.05) is 59.3 Å². The zero-order valence-electron chi connectivity index (χ0n) is 16.1. The van der Waals surface area contributed by atoms with Crippen molar-refractivity contribution in [3.8, 4) is 0 Å². The lowest BCUT2D eigenvalue weighted by Gasteiger charge is -2.16. The van der Waals surface area contributed by atoms with Crippen LogP contribution in [0.15, 0.2) is 59.3 Å².